The number of halogens is 1. The zero-order valence-electron chi connectivity index (χ0n) is 32.0. The number of nitrogens with zero attached hydrogens (tertiary/aromatic N) is 3. The number of methoxy groups -OCH3 is 1. The number of hydrogen-bond acceptors (Lipinski definition) is 8. The molecule has 2 saturated heterocycles. The molecule has 2 aromatic carbocycles. The number of likely N-dealkylation sites (tertiary alicyclic amines) is 2. The molecule has 1 N–H and O–H groups in total. The molecule has 1 saturated carbocycles. The highest BCUT2D eigenvalue weighted by Gasteiger charge is 2.53. The van der Waals surface area contributed by atoms with Crippen molar-refractivity contribution in [3.63, 3.8) is 0 Å². The van der Waals surface area contributed by atoms with Crippen LogP contribution in [0.4, 0.5) is 5.69 Å². The van der Waals surface area contributed by atoms with Crippen molar-refractivity contribution >= 4 is 33.2 Å². The van der Waals surface area contributed by atoms with Crippen LogP contribution >= 0.6 is 11.6 Å². The van der Waals surface area contributed by atoms with E-state index in [9.17, 15) is 13.2 Å². The predicted octanol–water partition coefficient (Wildman–Crippen LogP) is 6.44. The largest absolute Gasteiger partial charge is 0.490 e. The maximum Gasteiger partial charge on any atom is 0.264 e. The molecule has 0 unspecified atom stereocenters. The fourth-order valence-corrected chi connectivity index (χ4v) is 12.2. The monoisotopic (exact) mass is 764 g/mol. The van der Waals surface area contributed by atoms with E-state index in [2.05, 4.69) is 57.6 Å². The molecule has 53 heavy (non-hydrogen) atoms. The van der Waals surface area contributed by atoms with Crippen LogP contribution in [0.3, 0.4) is 0 Å². The molecule has 4 heterocycles. The molecule has 0 aromatic heterocycles. The number of aryl methyl sites for hydroxylation is 1. The van der Waals surface area contributed by atoms with E-state index < -0.39 is 26.8 Å². The Bertz CT molecular complexity index is 1870. The smallest absolute Gasteiger partial charge is 0.264 e. The number of hydrogen-bond donors (Lipinski definition) is 1. The Labute approximate surface area is 321 Å². The van der Waals surface area contributed by atoms with Crippen molar-refractivity contribution in [2.45, 2.75) is 107 Å². The Kier molecular flexibility index (Phi) is 9.95. The normalized spacial score (nSPS) is 36.3. The number of anilines is 1. The first-order valence-electron chi connectivity index (χ1n) is 19.9. The Hall–Kier alpha value is -2.63. The van der Waals surface area contributed by atoms with Gasteiger partial charge >= 0.3 is 0 Å². The lowest BCUT2D eigenvalue weighted by molar-refractivity contribution is -0.0972. The van der Waals surface area contributed by atoms with Gasteiger partial charge in [-0.1, -0.05) is 36.7 Å². The molecule has 2 aromatic rings. The van der Waals surface area contributed by atoms with Crippen molar-refractivity contribution in [3.8, 4) is 5.75 Å². The number of allylic oxidation sites excluding steroid dienone is 1. The van der Waals surface area contributed by atoms with Gasteiger partial charge in [0, 0.05) is 74.0 Å². The second-order valence-electron chi connectivity index (χ2n) is 17.5. The van der Waals surface area contributed by atoms with E-state index in [4.69, 9.17) is 21.1 Å². The molecule has 4 aliphatic heterocycles. The van der Waals surface area contributed by atoms with Crippen molar-refractivity contribution in [3.05, 3.63) is 70.3 Å². The summed E-state index contributed by atoms with van der Waals surface area (Å²) in [5.41, 5.74) is 2.96. The fraction of sp³-hybridized carbons (Fsp3) is 0.643. The summed E-state index contributed by atoms with van der Waals surface area (Å²) < 4.78 is 43.2. The van der Waals surface area contributed by atoms with Gasteiger partial charge in [-0.25, -0.2) is 13.1 Å². The molecule has 0 radical (unpaired) electrons. The maximum absolute atomic E-state index is 13.7. The highest BCUT2D eigenvalue weighted by Crippen LogP contribution is 2.50. The van der Waals surface area contributed by atoms with Gasteiger partial charge in [0.15, 0.2) is 0 Å². The zero-order chi connectivity index (χ0) is 37.3. The van der Waals surface area contributed by atoms with E-state index in [0.717, 1.165) is 81.3 Å². The summed E-state index contributed by atoms with van der Waals surface area (Å²) in [7, 11) is -2.08. The quantitative estimate of drug-likeness (QED) is 0.357. The topological polar surface area (TPSA) is 91.4 Å². The lowest BCUT2D eigenvalue weighted by Gasteiger charge is -2.52. The van der Waals surface area contributed by atoms with Gasteiger partial charge in [-0.05, 0) is 125 Å². The number of rotatable bonds is 4. The average molecular weight is 765 g/mol. The van der Waals surface area contributed by atoms with Gasteiger partial charge in [0.1, 0.15) is 11.4 Å². The van der Waals surface area contributed by atoms with E-state index in [1.807, 2.05) is 32.2 Å². The Balaban J connectivity index is 1.19. The molecule has 8 rings (SSSR count). The highest BCUT2D eigenvalue weighted by molar-refractivity contribution is 7.90. The number of ether oxygens (including phenoxy) is 2. The van der Waals surface area contributed by atoms with Crippen molar-refractivity contribution in [2.24, 2.45) is 17.8 Å². The van der Waals surface area contributed by atoms with Crippen LogP contribution in [-0.4, -0.2) is 99.5 Å². The number of benzene rings is 2. The van der Waals surface area contributed by atoms with E-state index in [1.165, 1.54) is 17.5 Å². The molecule has 11 heteroatoms. The third-order valence-electron chi connectivity index (χ3n) is 14.1. The Morgan fingerprint density at radius 2 is 1.91 bits per heavy atom. The summed E-state index contributed by atoms with van der Waals surface area (Å²) >= 11 is 6.51. The lowest BCUT2D eigenvalue weighted by Crippen LogP contribution is -2.59. The Morgan fingerprint density at radius 3 is 2.62 bits per heavy atom. The first-order valence-corrected chi connectivity index (χ1v) is 21.8. The molecule has 4 bridgehead atoms. The van der Waals surface area contributed by atoms with Gasteiger partial charge in [0.05, 0.1) is 17.5 Å². The van der Waals surface area contributed by atoms with Crippen LogP contribution in [0.1, 0.15) is 87.7 Å². The molecule has 3 fully saturated rings. The molecule has 288 valence electrons. The van der Waals surface area contributed by atoms with Crippen molar-refractivity contribution in [2.75, 3.05) is 51.3 Å². The first-order chi connectivity index (χ1) is 25.3. The number of fused-ring (bicyclic) bond motifs is 6. The third-order valence-corrected chi connectivity index (χ3v) is 16.3. The molecule has 6 aliphatic rings. The van der Waals surface area contributed by atoms with Gasteiger partial charge < -0.3 is 14.4 Å². The number of nitrogens with one attached hydrogen (secondary N) is 1. The summed E-state index contributed by atoms with van der Waals surface area (Å²) in [5, 5.41) is -0.0171. The first kappa shape index (κ1) is 37.3. The van der Waals surface area contributed by atoms with E-state index in [0.29, 0.717) is 42.6 Å². The van der Waals surface area contributed by atoms with Crippen LogP contribution in [0, 0.1) is 17.8 Å². The molecular formula is C42H57ClN4O5S. The van der Waals surface area contributed by atoms with Gasteiger partial charge in [-0.2, -0.15) is 0 Å². The zero-order valence-corrected chi connectivity index (χ0v) is 33.6. The molecule has 2 aliphatic carbocycles. The number of carbonyl (C=O) groups excluding carboxylic acids is 1. The van der Waals surface area contributed by atoms with Gasteiger partial charge in [0.25, 0.3) is 5.91 Å². The average Bonchev–Trinajstić information content (AvgIpc) is 3.67. The van der Waals surface area contributed by atoms with Crippen LogP contribution in [0.25, 0.3) is 0 Å². The van der Waals surface area contributed by atoms with Crippen LogP contribution in [0.15, 0.2) is 48.6 Å². The predicted molar refractivity (Wildman–Crippen MR) is 211 cm³/mol. The number of piperazine rings is 1. The van der Waals surface area contributed by atoms with Crippen LogP contribution in [-0.2, 0) is 26.6 Å². The number of sulfonamides is 1. The van der Waals surface area contributed by atoms with Gasteiger partial charge in [0.2, 0.25) is 10.0 Å². The highest BCUT2D eigenvalue weighted by atomic mass is 35.5. The fourth-order valence-electron chi connectivity index (χ4n) is 10.7. The minimum atomic E-state index is -3.95. The molecule has 9 nitrogen and oxygen atoms in total. The summed E-state index contributed by atoms with van der Waals surface area (Å²) in [6.07, 6.45) is 11.4. The van der Waals surface area contributed by atoms with Crippen LogP contribution in [0.2, 0.25) is 5.02 Å². The standard InChI is InChI=1S/C42H57ClN4O5S/c1-27(2)47-23-34-20-35(47)22-45(34)25-42(51-5)17-6-8-28(3)29(4)53(49,50)44-40(48)31-11-15-39-38(19-31)46(21-32-10-13-37(32)42)24-41(26-52-39)16-7-9-30-18-33(43)12-14-36(30)41/h6,11-12,14-15,17-19,27-29,32,34-35,37H,7-10,13,16,20-26H2,1-5H3,(H,44,48)/b17-6-/t28-,29+,32-,34-,35-,37+,41-,42-/m0/s1. The van der Waals surface area contributed by atoms with E-state index in [1.54, 1.807) is 13.0 Å². The minimum absolute atomic E-state index is 0.209. The van der Waals surface area contributed by atoms with Crippen molar-refractivity contribution in [1.29, 1.82) is 0 Å². The van der Waals surface area contributed by atoms with Gasteiger partial charge in [-0.3, -0.25) is 14.6 Å². The van der Waals surface area contributed by atoms with E-state index in [-0.39, 0.29) is 17.3 Å². The summed E-state index contributed by atoms with van der Waals surface area (Å²) in [6, 6.07) is 13.3. The lowest BCUT2D eigenvalue weighted by atomic mass is 9.63. The third kappa shape index (κ3) is 6.72. The number of amides is 1. The van der Waals surface area contributed by atoms with Crippen molar-refractivity contribution in [1.82, 2.24) is 14.5 Å². The molecule has 1 spiro atoms. The van der Waals surface area contributed by atoms with Crippen LogP contribution < -0.4 is 14.4 Å². The minimum Gasteiger partial charge on any atom is -0.490 e. The molecule has 1 amide bonds. The SMILES string of the molecule is CO[C@]1(CN2C[C@@H]3C[C@H]2CN3C(C)C)/C=C\C[C@H](C)[C@@H](C)S(=O)(=O)NC(=O)c2ccc3c(c2)N(C[C@@H]2CC[C@H]21)C[C@@]1(CCCc2cc(Cl)ccc21)CO3. The molecular weight excluding hydrogens is 708 g/mol. The second-order valence-corrected chi connectivity index (χ2v) is 19.9. The summed E-state index contributed by atoms with van der Waals surface area (Å²) in [5.74, 6) is 0.536. The summed E-state index contributed by atoms with van der Waals surface area (Å²) in [6.45, 7) is 13.3. The second kappa shape index (κ2) is 14.1. The van der Waals surface area contributed by atoms with Crippen molar-refractivity contribution < 1.29 is 22.7 Å². The van der Waals surface area contributed by atoms with Gasteiger partial charge in [-0.15, -0.1) is 0 Å². The maximum atomic E-state index is 13.7. The number of carbonyl (C=O) groups is 1. The Morgan fingerprint density at radius 1 is 1.08 bits per heavy atom. The van der Waals surface area contributed by atoms with E-state index >= 15 is 0 Å². The molecule has 8 atom stereocenters. The summed E-state index contributed by atoms with van der Waals surface area (Å²) in [4.78, 5) is 21.5. The van der Waals surface area contributed by atoms with Crippen LogP contribution in [0.5, 0.6) is 5.75 Å².